The van der Waals surface area contributed by atoms with Gasteiger partial charge in [0.2, 0.25) is 0 Å². The molecule has 2 aromatic rings. The summed E-state index contributed by atoms with van der Waals surface area (Å²) in [6.07, 6.45) is 2.82. The molecule has 0 atom stereocenters. The maximum atomic E-state index is 12.1. The number of nitrogens with zero attached hydrogens (tertiary/aromatic N) is 1. The molecule has 2 N–H and O–H groups in total. The van der Waals surface area contributed by atoms with E-state index in [2.05, 4.69) is 10.6 Å². The Hall–Kier alpha value is -2.52. The van der Waals surface area contributed by atoms with Crippen molar-refractivity contribution in [1.82, 2.24) is 0 Å². The van der Waals surface area contributed by atoms with Crippen LogP contribution in [0.3, 0.4) is 0 Å². The van der Waals surface area contributed by atoms with E-state index in [1.807, 2.05) is 0 Å². The number of rotatable bonds is 4. The molecule has 0 amide bonds. The Kier molecular flexibility index (Phi) is 4.95. The van der Waals surface area contributed by atoms with Gasteiger partial charge >= 0.3 is 5.97 Å². The van der Waals surface area contributed by atoms with Gasteiger partial charge in [-0.1, -0.05) is 6.07 Å². The van der Waals surface area contributed by atoms with Crippen LogP contribution < -0.4 is 10.6 Å². The van der Waals surface area contributed by atoms with E-state index in [0.29, 0.717) is 16.3 Å². The van der Waals surface area contributed by atoms with Gasteiger partial charge in [-0.3, -0.25) is 10.1 Å². The van der Waals surface area contributed by atoms with Gasteiger partial charge < -0.3 is 15.4 Å². The predicted molar refractivity (Wildman–Crippen MR) is 101 cm³/mol. The largest absolute Gasteiger partial charge is 0.465 e. The van der Waals surface area contributed by atoms with Crippen molar-refractivity contribution in [3.8, 4) is 0 Å². The summed E-state index contributed by atoms with van der Waals surface area (Å²) in [5.74, 6) is -0.389. The van der Waals surface area contributed by atoms with Crippen LogP contribution in [0.15, 0.2) is 24.3 Å². The highest BCUT2D eigenvalue weighted by Crippen LogP contribution is 2.39. The highest BCUT2D eigenvalue weighted by atomic mass is 32.1. The zero-order chi connectivity index (χ0) is 18.0. The molecule has 0 saturated heterocycles. The molecule has 0 unspecified atom stereocenters. The Morgan fingerprint density at radius 1 is 1.36 bits per heavy atom. The molecule has 1 aliphatic carbocycles. The number of thiocarbonyl (C=S) groups is 1. The zero-order valence-electron chi connectivity index (χ0n) is 13.3. The molecule has 9 heteroatoms. The number of nitro benzene ring substituents is 1. The summed E-state index contributed by atoms with van der Waals surface area (Å²) < 4.78 is 4.89. The number of nitrogens with one attached hydrogen (secondary N) is 2. The number of fused-ring (bicyclic) bond motifs is 1. The van der Waals surface area contributed by atoms with Crippen LogP contribution >= 0.6 is 23.6 Å². The normalized spacial score (nSPS) is 12.4. The number of aryl methyl sites for hydroxylation is 1. The van der Waals surface area contributed by atoms with E-state index < -0.39 is 4.92 Å². The second kappa shape index (κ2) is 7.16. The molecule has 0 aliphatic heterocycles. The fourth-order valence-corrected chi connectivity index (χ4v) is 4.34. The number of hydrogen-bond acceptors (Lipinski definition) is 6. The van der Waals surface area contributed by atoms with Gasteiger partial charge in [0.1, 0.15) is 5.00 Å². The van der Waals surface area contributed by atoms with Gasteiger partial charge in [-0.2, -0.15) is 0 Å². The van der Waals surface area contributed by atoms with Crippen molar-refractivity contribution in [1.29, 1.82) is 0 Å². The summed E-state index contributed by atoms with van der Waals surface area (Å²) in [7, 11) is 1.35. The van der Waals surface area contributed by atoms with Gasteiger partial charge in [-0.05, 0) is 43.1 Å². The molecule has 25 heavy (non-hydrogen) atoms. The third kappa shape index (κ3) is 3.62. The summed E-state index contributed by atoms with van der Waals surface area (Å²) in [5, 5.41) is 17.7. The Balaban J connectivity index is 1.79. The number of carbonyl (C=O) groups is 1. The summed E-state index contributed by atoms with van der Waals surface area (Å²) in [6.45, 7) is 0. The van der Waals surface area contributed by atoms with Crippen molar-refractivity contribution < 1.29 is 14.5 Å². The molecule has 130 valence electrons. The molecular formula is C16H15N3O4S2. The van der Waals surface area contributed by atoms with E-state index in [1.165, 1.54) is 35.5 Å². The first-order valence-corrected chi connectivity index (χ1v) is 8.77. The quantitative estimate of drug-likeness (QED) is 0.363. The van der Waals surface area contributed by atoms with Crippen LogP contribution in [-0.2, 0) is 17.6 Å². The number of nitro groups is 1. The van der Waals surface area contributed by atoms with E-state index in [-0.39, 0.29) is 16.8 Å². The third-order valence-corrected chi connectivity index (χ3v) is 5.26. The molecule has 1 heterocycles. The Bertz CT molecular complexity index is 863. The van der Waals surface area contributed by atoms with E-state index in [0.717, 1.165) is 24.8 Å². The van der Waals surface area contributed by atoms with Crippen molar-refractivity contribution in [3.63, 3.8) is 0 Å². The number of benzene rings is 1. The summed E-state index contributed by atoms with van der Waals surface area (Å²) in [6, 6.07) is 6.05. The van der Waals surface area contributed by atoms with E-state index in [9.17, 15) is 14.9 Å². The number of hydrogen-bond donors (Lipinski definition) is 2. The number of non-ortho nitro benzene ring substituents is 1. The van der Waals surface area contributed by atoms with Crippen LogP contribution in [0.1, 0.15) is 27.2 Å². The fourth-order valence-electron chi connectivity index (χ4n) is 2.77. The number of thiophene rings is 1. The lowest BCUT2D eigenvalue weighted by atomic mass is 10.1. The summed E-state index contributed by atoms with van der Waals surface area (Å²) in [5.41, 5.74) is 2.02. The highest BCUT2D eigenvalue weighted by Gasteiger charge is 2.27. The molecule has 1 aromatic heterocycles. The SMILES string of the molecule is COC(=O)c1c(NC(=S)Nc2cccc([N+](=O)[O-])c2)sc2c1CCC2. The van der Waals surface area contributed by atoms with Gasteiger partial charge in [0.05, 0.1) is 17.6 Å². The number of ether oxygens (including phenoxy) is 1. The monoisotopic (exact) mass is 377 g/mol. The molecular weight excluding hydrogens is 362 g/mol. The minimum Gasteiger partial charge on any atom is -0.465 e. The average Bonchev–Trinajstić information content (AvgIpc) is 3.14. The van der Waals surface area contributed by atoms with Crippen LogP contribution in [-0.4, -0.2) is 23.1 Å². The lowest BCUT2D eigenvalue weighted by Gasteiger charge is -2.11. The van der Waals surface area contributed by atoms with Gasteiger partial charge in [0.25, 0.3) is 5.69 Å². The van der Waals surface area contributed by atoms with Crippen molar-refractivity contribution in [3.05, 3.63) is 50.4 Å². The van der Waals surface area contributed by atoms with Crippen molar-refractivity contribution in [2.45, 2.75) is 19.3 Å². The second-order valence-corrected chi connectivity index (χ2v) is 6.95. The predicted octanol–water partition coefficient (Wildman–Crippen LogP) is 3.74. The van der Waals surface area contributed by atoms with Crippen LogP contribution in [0.5, 0.6) is 0 Å². The maximum Gasteiger partial charge on any atom is 0.341 e. The van der Waals surface area contributed by atoms with E-state index >= 15 is 0 Å². The number of anilines is 2. The number of methoxy groups -OCH3 is 1. The van der Waals surface area contributed by atoms with Crippen LogP contribution in [0.2, 0.25) is 0 Å². The lowest BCUT2D eigenvalue weighted by Crippen LogP contribution is -2.20. The minimum absolute atomic E-state index is 0.0295. The van der Waals surface area contributed by atoms with Gasteiger partial charge in [-0.25, -0.2) is 4.79 Å². The Morgan fingerprint density at radius 2 is 2.16 bits per heavy atom. The van der Waals surface area contributed by atoms with Crippen LogP contribution in [0, 0.1) is 10.1 Å². The number of carbonyl (C=O) groups excluding carboxylic acids is 1. The van der Waals surface area contributed by atoms with Crippen molar-refractivity contribution in [2.75, 3.05) is 17.7 Å². The molecule has 0 fully saturated rings. The molecule has 0 spiro atoms. The molecule has 1 aromatic carbocycles. The minimum atomic E-state index is -0.471. The van der Waals surface area contributed by atoms with Crippen LogP contribution in [0.25, 0.3) is 0 Å². The topological polar surface area (TPSA) is 93.5 Å². The first-order chi connectivity index (χ1) is 12.0. The zero-order valence-corrected chi connectivity index (χ0v) is 15.0. The van der Waals surface area contributed by atoms with Gasteiger partial charge in [0.15, 0.2) is 5.11 Å². The standard InChI is InChI=1S/C16H15N3O4S2/c1-23-15(20)13-11-6-3-7-12(11)25-14(13)18-16(24)17-9-4-2-5-10(8-9)19(21)22/h2,4-5,8H,3,6-7H2,1H3,(H2,17,18,24). The van der Waals surface area contributed by atoms with Gasteiger partial charge in [-0.15, -0.1) is 11.3 Å². The summed E-state index contributed by atoms with van der Waals surface area (Å²) in [4.78, 5) is 23.7. The molecule has 0 radical (unpaired) electrons. The van der Waals surface area contributed by atoms with Crippen LogP contribution in [0.4, 0.5) is 16.4 Å². The fraction of sp³-hybridized carbons (Fsp3) is 0.250. The Labute approximate surface area is 153 Å². The molecule has 0 saturated carbocycles. The first kappa shape index (κ1) is 17.3. The van der Waals surface area contributed by atoms with Gasteiger partial charge in [0, 0.05) is 22.7 Å². The second-order valence-electron chi connectivity index (χ2n) is 5.44. The molecule has 1 aliphatic rings. The van der Waals surface area contributed by atoms with Crippen molar-refractivity contribution >= 4 is 51.0 Å². The number of esters is 1. The molecule has 0 bridgehead atoms. The molecule has 7 nitrogen and oxygen atoms in total. The average molecular weight is 377 g/mol. The first-order valence-electron chi connectivity index (χ1n) is 7.55. The maximum absolute atomic E-state index is 12.1. The van der Waals surface area contributed by atoms with E-state index in [1.54, 1.807) is 12.1 Å². The third-order valence-electron chi connectivity index (χ3n) is 3.85. The Morgan fingerprint density at radius 3 is 2.88 bits per heavy atom. The lowest BCUT2D eigenvalue weighted by molar-refractivity contribution is -0.384. The van der Waals surface area contributed by atoms with E-state index in [4.69, 9.17) is 17.0 Å². The van der Waals surface area contributed by atoms with Crippen molar-refractivity contribution in [2.24, 2.45) is 0 Å². The molecule has 3 rings (SSSR count). The highest BCUT2D eigenvalue weighted by molar-refractivity contribution is 7.80. The smallest absolute Gasteiger partial charge is 0.341 e. The summed E-state index contributed by atoms with van der Waals surface area (Å²) >= 11 is 6.77.